The number of amides is 2. The third-order valence-corrected chi connectivity index (χ3v) is 7.39. The van der Waals surface area contributed by atoms with Gasteiger partial charge < -0.3 is 9.88 Å². The van der Waals surface area contributed by atoms with Crippen LogP contribution in [0, 0.1) is 0 Å². The summed E-state index contributed by atoms with van der Waals surface area (Å²) in [6.45, 7) is 0. The number of nitrogens with zero attached hydrogens (tertiary/aromatic N) is 4. The molecule has 4 aromatic rings. The molecule has 2 aliphatic rings. The van der Waals surface area contributed by atoms with Gasteiger partial charge in [-0.1, -0.05) is 55.7 Å². The van der Waals surface area contributed by atoms with Gasteiger partial charge in [0.25, 0.3) is 5.91 Å². The summed E-state index contributed by atoms with van der Waals surface area (Å²) in [6.07, 6.45) is 9.35. The number of H-pyrrole nitrogens is 1. The number of para-hydroxylation sites is 2. The number of benzene rings is 2. The van der Waals surface area contributed by atoms with Crippen LogP contribution in [0.25, 0.3) is 10.9 Å². The molecule has 2 amide bonds. The van der Waals surface area contributed by atoms with Crippen molar-refractivity contribution < 1.29 is 9.59 Å². The molecule has 35 heavy (non-hydrogen) atoms. The normalized spacial score (nSPS) is 18.3. The number of aryl methyl sites for hydroxylation is 1. The number of aromatic amines is 1. The lowest BCUT2D eigenvalue weighted by atomic mass is 9.94. The molecule has 1 unspecified atom stereocenters. The van der Waals surface area contributed by atoms with Crippen LogP contribution in [-0.2, 0) is 23.1 Å². The molecule has 1 fully saturated rings. The highest BCUT2D eigenvalue weighted by molar-refractivity contribution is 6.12. The molecule has 3 heterocycles. The van der Waals surface area contributed by atoms with Gasteiger partial charge in [0.05, 0.1) is 6.42 Å². The topological polar surface area (TPSA) is 74.2 Å². The van der Waals surface area contributed by atoms with Gasteiger partial charge in [-0.3, -0.25) is 19.2 Å². The molecule has 1 atom stereocenters. The molecule has 2 aromatic heterocycles. The van der Waals surface area contributed by atoms with Crippen molar-refractivity contribution in [1.82, 2.24) is 14.8 Å². The quantitative estimate of drug-likeness (QED) is 0.454. The molecule has 7 nitrogen and oxygen atoms in total. The van der Waals surface area contributed by atoms with Gasteiger partial charge in [0.2, 0.25) is 5.91 Å². The summed E-state index contributed by atoms with van der Waals surface area (Å²) in [5.74, 6) is 0.319. The van der Waals surface area contributed by atoms with E-state index in [2.05, 4.69) is 10.1 Å². The molecule has 6 rings (SSSR count). The summed E-state index contributed by atoms with van der Waals surface area (Å²) in [6, 6.07) is 17.1. The SMILES string of the molecule is Cn1ccc(N(C(=O)Cc2c[nH]c3ccccc23)C2C(=O)N(C3CCCCC3)c3ccccc32)n1. The second-order valence-corrected chi connectivity index (χ2v) is 9.61. The second-order valence-electron chi connectivity index (χ2n) is 9.61. The van der Waals surface area contributed by atoms with E-state index in [-0.39, 0.29) is 24.3 Å². The summed E-state index contributed by atoms with van der Waals surface area (Å²) in [5, 5.41) is 5.57. The lowest BCUT2D eigenvalue weighted by Crippen LogP contribution is -2.46. The number of carbonyl (C=O) groups is 2. The third kappa shape index (κ3) is 3.71. The Morgan fingerprint density at radius 2 is 1.83 bits per heavy atom. The number of hydrogen-bond donors (Lipinski definition) is 1. The Bertz CT molecular complexity index is 1400. The van der Waals surface area contributed by atoms with E-state index in [1.165, 1.54) is 6.42 Å². The molecular weight excluding hydrogens is 438 g/mol. The Kier molecular flexibility index (Phi) is 5.40. The zero-order valence-corrected chi connectivity index (χ0v) is 19.9. The van der Waals surface area contributed by atoms with Gasteiger partial charge in [-0.25, -0.2) is 0 Å². The molecule has 1 saturated carbocycles. The van der Waals surface area contributed by atoms with Gasteiger partial charge in [-0.05, 0) is 30.5 Å². The van der Waals surface area contributed by atoms with Gasteiger partial charge in [-0.15, -0.1) is 0 Å². The largest absolute Gasteiger partial charge is 0.361 e. The van der Waals surface area contributed by atoms with Gasteiger partial charge >= 0.3 is 0 Å². The molecule has 1 aliphatic heterocycles. The van der Waals surface area contributed by atoms with Crippen molar-refractivity contribution in [2.75, 3.05) is 9.80 Å². The van der Waals surface area contributed by atoms with E-state index < -0.39 is 6.04 Å². The number of hydrogen-bond acceptors (Lipinski definition) is 3. The summed E-state index contributed by atoms with van der Waals surface area (Å²) >= 11 is 0. The Labute approximate surface area is 204 Å². The number of anilines is 2. The number of rotatable bonds is 5. The van der Waals surface area contributed by atoms with Crippen molar-refractivity contribution in [1.29, 1.82) is 0 Å². The molecule has 1 N–H and O–H groups in total. The first kappa shape index (κ1) is 21.6. The minimum atomic E-state index is -0.722. The van der Waals surface area contributed by atoms with Crippen molar-refractivity contribution in [2.24, 2.45) is 7.05 Å². The number of aromatic nitrogens is 3. The molecule has 7 heteroatoms. The highest BCUT2D eigenvalue weighted by Crippen LogP contribution is 2.44. The first-order chi connectivity index (χ1) is 17.1. The smallest absolute Gasteiger partial charge is 0.255 e. The van der Waals surface area contributed by atoms with Crippen molar-refractivity contribution in [2.45, 2.75) is 50.6 Å². The zero-order valence-electron chi connectivity index (χ0n) is 19.9. The zero-order chi connectivity index (χ0) is 23.9. The van der Waals surface area contributed by atoms with Gasteiger partial charge in [0.1, 0.15) is 6.04 Å². The van der Waals surface area contributed by atoms with E-state index in [9.17, 15) is 9.59 Å². The monoisotopic (exact) mass is 467 g/mol. The summed E-state index contributed by atoms with van der Waals surface area (Å²) in [7, 11) is 1.82. The van der Waals surface area contributed by atoms with Crippen LogP contribution in [0.5, 0.6) is 0 Å². The fourth-order valence-corrected chi connectivity index (χ4v) is 5.75. The van der Waals surface area contributed by atoms with Crippen LogP contribution in [0.3, 0.4) is 0 Å². The summed E-state index contributed by atoms with van der Waals surface area (Å²) < 4.78 is 1.67. The maximum absolute atomic E-state index is 14.1. The van der Waals surface area contributed by atoms with E-state index in [1.807, 2.05) is 78.9 Å². The lowest BCUT2D eigenvalue weighted by Gasteiger charge is -2.33. The Hall–Kier alpha value is -3.87. The minimum Gasteiger partial charge on any atom is -0.361 e. The van der Waals surface area contributed by atoms with E-state index in [4.69, 9.17) is 0 Å². The van der Waals surface area contributed by atoms with Crippen LogP contribution in [0.2, 0.25) is 0 Å². The van der Waals surface area contributed by atoms with Crippen LogP contribution in [0.15, 0.2) is 67.0 Å². The van der Waals surface area contributed by atoms with Crippen molar-refractivity contribution in [3.63, 3.8) is 0 Å². The van der Waals surface area contributed by atoms with Crippen LogP contribution in [0.1, 0.15) is 49.3 Å². The van der Waals surface area contributed by atoms with E-state index in [0.29, 0.717) is 5.82 Å². The highest BCUT2D eigenvalue weighted by atomic mass is 16.2. The summed E-state index contributed by atoms with van der Waals surface area (Å²) in [5.41, 5.74) is 3.70. The predicted molar refractivity (Wildman–Crippen MR) is 136 cm³/mol. The van der Waals surface area contributed by atoms with E-state index in [1.54, 1.807) is 9.58 Å². The number of carbonyl (C=O) groups excluding carboxylic acids is 2. The molecule has 1 aliphatic carbocycles. The van der Waals surface area contributed by atoms with Gasteiger partial charge in [0.15, 0.2) is 5.82 Å². The van der Waals surface area contributed by atoms with Crippen molar-refractivity contribution in [3.8, 4) is 0 Å². The standard InChI is InChI=1S/C28H29N5O2/c1-31-16-15-25(30-31)33(26(34)17-19-18-29-23-13-7-5-11-21(19)23)27-22-12-6-8-14-24(22)32(28(27)35)20-9-3-2-4-10-20/h5-8,11-16,18,20,27,29H,2-4,9-10,17H2,1H3. The van der Waals surface area contributed by atoms with Crippen molar-refractivity contribution in [3.05, 3.63) is 78.1 Å². The molecular formula is C28H29N5O2. The van der Waals surface area contributed by atoms with Gasteiger partial charge in [0, 0.05) is 53.7 Å². The van der Waals surface area contributed by atoms with Crippen LogP contribution >= 0.6 is 0 Å². The fourth-order valence-electron chi connectivity index (χ4n) is 5.75. The van der Waals surface area contributed by atoms with Crippen LogP contribution < -0.4 is 9.80 Å². The molecule has 0 spiro atoms. The second kappa shape index (κ2) is 8.73. The minimum absolute atomic E-state index is 0.0315. The Morgan fingerprint density at radius 3 is 2.63 bits per heavy atom. The maximum atomic E-state index is 14.1. The average Bonchev–Trinajstić information content (AvgIpc) is 3.57. The molecule has 178 valence electrons. The average molecular weight is 468 g/mol. The highest BCUT2D eigenvalue weighted by Gasteiger charge is 2.46. The van der Waals surface area contributed by atoms with Crippen LogP contribution in [0.4, 0.5) is 11.5 Å². The predicted octanol–water partition coefficient (Wildman–Crippen LogP) is 4.90. The van der Waals surface area contributed by atoms with Crippen molar-refractivity contribution >= 4 is 34.2 Å². The molecule has 0 saturated heterocycles. The van der Waals surface area contributed by atoms with E-state index >= 15 is 0 Å². The first-order valence-electron chi connectivity index (χ1n) is 12.4. The molecule has 2 aromatic carbocycles. The number of fused-ring (bicyclic) bond motifs is 2. The number of nitrogens with one attached hydrogen (secondary N) is 1. The Morgan fingerprint density at radius 1 is 1.06 bits per heavy atom. The third-order valence-electron chi connectivity index (χ3n) is 7.39. The fraction of sp³-hybridized carbons (Fsp3) is 0.321. The summed E-state index contributed by atoms with van der Waals surface area (Å²) in [4.78, 5) is 34.9. The molecule has 0 radical (unpaired) electrons. The Balaban J connectivity index is 1.41. The van der Waals surface area contributed by atoms with E-state index in [0.717, 1.165) is 53.4 Å². The van der Waals surface area contributed by atoms with Crippen LogP contribution in [-0.4, -0.2) is 32.6 Å². The maximum Gasteiger partial charge on any atom is 0.255 e. The van der Waals surface area contributed by atoms with Gasteiger partial charge in [-0.2, -0.15) is 5.10 Å². The lowest BCUT2D eigenvalue weighted by molar-refractivity contribution is -0.124. The first-order valence-corrected chi connectivity index (χ1v) is 12.4. The molecule has 0 bridgehead atoms.